The van der Waals surface area contributed by atoms with Crippen LogP contribution in [0.25, 0.3) is 11.3 Å². The molecule has 0 aliphatic carbocycles. The molecule has 1 aromatic heterocycles. The summed E-state index contributed by atoms with van der Waals surface area (Å²) in [7, 11) is 0. The minimum atomic E-state index is -4.71. The van der Waals surface area contributed by atoms with Gasteiger partial charge in [-0.3, -0.25) is 4.79 Å². The first-order valence-electron chi connectivity index (χ1n) is 9.01. The Morgan fingerprint density at radius 1 is 1.13 bits per heavy atom. The van der Waals surface area contributed by atoms with Gasteiger partial charge < -0.3 is 15.6 Å². The number of nitrogens with zero attached hydrogens (tertiary/aromatic N) is 2. The molecule has 0 radical (unpaired) electrons. The largest absolute Gasteiger partial charge is 0.481 e. The van der Waals surface area contributed by atoms with Crippen LogP contribution < -0.4 is 10.5 Å². The third kappa shape index (κ3) is 5.32. The van der Waals surface area contributed by atoms with Crippen LogP contribution in [0, 0.1) is 0 Å². The molecule has 3 N–H and O–H groups in total. The quantitative estimate of drug-likeness (QED) is 0.477. The first kappa shape index (κ1) is 22.5. The van der Waals surface area contributed by atoms with Crippen LogP contribution in [0.15, 0.2) is 59.1 Å². The summed E-state index contributed by atoms with van der Waals surface area (Å²) < 4.78 is 46.6. The van der Waals surface area contributed by atoms with Gasteiger partial charge in [-0.05, 0) is 18.6 Å². The number of anilines is 1. The second kappa shape index (κ2) is 8.93. The number of aromatic nitrogens is 2. The Morgan fingerprint density at radius 2 is 1.77 bits per heavy atom. The number of nitrogen functional groups attached to an aromatic ring is 1. The topological polar surface area (TPSA) is 98.3 Å². The van der Waals surface area contributed by atoms with E-state index in [0.29, 0.717) is 11.1 Å². The van der Waals surface area contributed by atoms with Gasteiger partial charge in [0.2, 0.25) is 17.9 Å². The van der Waals surface area contributed by atoms with Crippen LogP contribution in [0.1, 0.15) is 30.1 Å². The Kier molecular flexibility index (Phi) is 6.49. The van der Waals surface area contributed by atoms with Gasteiger partial charge in [-0.2, -0.15) is 18.2 Å². The molecular weight excluding hydrogens is 479 g/mol. The maximum Gasteiger partial charge on any atom is 0.429 e. The van der Waals surface area contributed by atoms with Crippen molar-refractivity contribution in [2.75, 3.05) is 5.73 Å². The summed E-state index contributed by atoms with van der Waals surface area (Å²) in [4.78, 5) is 19.0. The highest BCUT2D eigenvalue weighted by atomic mass is 79.9. The van der Waals surface area contributed by atoms with E-state index in [4.69, 9.17) is 15.6 Å². The number of carbonyl (C=O) groups is 1. The molecule has 0 saturated heterocycles. The number of nitrogens with two attached hydrogens (primary N) is 1. The van der Waals surface area contributed by atoms with Crippen LogP contribution >= 0.6 is 15.9 Å². The van der Waals surface area contributed by atoms with Crippen molar-refractivity contribution in [1.29, 1.82) is 0 Å². The minimum absolute atomic E-state index is 0.110. The number of benzene rings is 2. The molecule has 3 aromatic rings. The summed E-state index contributed by atoms with van der Waals surface area (Å²) in [5.41, 5.74) is 6.92. The first-order chi connectivity index (χ1) is 14.6. The zero-order chi connectivity index (χ0) is 22.8. The van der Waals surface area contributed by atoms with Gasteiger partial charge in [0.1, 0.15) is 0 Å². The number of aliphatic carboxylic acids is 1. The monoisotopic (exact) mass is 495 g/mol. The molecule has 31 heavy (non-hydrogen) atoms. The van der Waals surface area contributed by atoms with E-state index in [1.54, 1.807) is 37.3 Å². The highest BCUT2D eigenvalue weighted by Gasteiger charge is 2.44. The van der Waals surface area contributed by atoms with Crippen molar-refractivity contribution in [2.24, 2.45) is 0 Å². The summed E-state index contributed by atoms with van der Waals surface area (Å²) in [6, 6.07) is 13.5. The third-order valence-electron chi connectivity index (χ3n) is 4.52. The van der Waals surface area contributed by atoms with E-state index in [1.807, 2.05) is 0 Å². The summed E-state index contributed by atoms with van der Waals surface area (Å²) >= 11 is 3.12. The third-order valence-corrected chi connectivity index (χ3v) is 5.24. The van der Waals surface area contributed by atoms with E-state index in [-0.39, 0.29) is 27.6 Å². The lowest BCUT2D eigenvalue weighted by atomic mass is 9.99. The van der Waals surface area contributed by atoms with Gasteiger partial charge in [-0.1, -0.05) is 58.4 Å². The van der Waals surface area contributed by atoms with E-state index in [1.165, 1.54) is 24.3 Å². The Hall–Kier alpha value is -3.14. The molecule has 3 rings (SSSR count). The molecule has 6 nitrogen and oxygen atoms in total. The summed E-state index contributed by atoms with van der Waals surface area (Å²) in [6.07, 6.45) is -6.98. The average Bonchev–Trinajstić information content (AvgIpc) is 2.71. The van der Waals surface area contributed by atoms with E-state index in [2.05, 4.69) is 25.9 Å². The lowest BCUT2D eigenvalue weighted by Gasteiger charge is -2.22. The summed E-state index contributed by atoms with van der Waals surface area (Å²) in [6.45, 7) is 1.55. The van der Waals surface area contributed by atoms with Crippen LogP contribution in [0.5, 0.6) is 5.88 Å². The maximum absolute atomic E-state index is 13.7. The number of rotatable bonds is 6. The smallest absolute Gasteiger partial charge is 0.429 e. The number of hydrogen-bond donors (Lipinski definition) is 2. The Morgan fingerprint density at radius 3 is 2.35 bits per heavy atom. The standard InChI is InChI=1S/C21H17BrF3N3O3/c1-11(19(29)30)12-6-8-13(9-7-12)16-10-17(28-20(26)27-16)31-18(21(23,24)25)14-4-2-3-5-15(14)22/h2-11,18H,1H3,(H,29,30)(H2,26,27,28). The van der Waals surface area contributed by atoms with E-state index in [9.17, 15) is 18.0 Å². The van der Waals surface area contributed by atoms with Gasteiger partial charge in [-0.25, -0.2) is 4.98 Å². The van der Waals surface area contributed by atoms with Gasteiger partial charge in [-0.15, -0.1) is 0 Å². The Balaban J connectivity index is 1.95. The summed E-state index contributed by atoms with van der Waals surface area (Å²) in [5, 5.41) is 9.11. The highest BCUT2D eigenvalue weighted by Crippen LogP contribution is 2.39. The number of hydrogen-bond acceptors (Lipinski definition) is 5. The second-order valence-electron chi connectivity index (χ2n) is 6.69. The van der Waals surface area contributed by atoms with Crippen LogP contribution in [0.4, 0.5) is 19.1 Å². The normalized spacial score (nSPS) is 13.5. The van der Waals surface area contributed by atoms with Crippen molar-refractivity contribution < 1.29 is 27.8 Å². The fraction of sp³-hybridized carbons (Fsp3) is 0.190. The molecule has 0 aliphatic heterocycles. The Labute approximate surface area is 184 Å². The fourth-order valence-electron chi connectivity index (χ4n) is 2.85. The molecule has 0 bridgehead atoms. The van der Waals surface area contributed by atoms with Crippen LogP contribution in [0.2, 0.25) is 0 Å². The molecule has 0 amide bonds. The van der Waals surface area contributed by atoms with Crippen molar-refractivity contribution in [3.63, 3.8) is 0 Å². The van der Waals surface area contributed by atoms with Crippen molar-refractivity contribution in [1.82, 2.24) is 9.97 Å². The molecule has 2 aromatic carbocycles. The van der Waals surface area contributed by atoms with E-state index < -0.39 is 24.2 Å². The van der Waals surface area contributed by atoms with Crippen LogP contribution in [0.3, 0.4) is 0 Å². The predicted molar refractivity (Wildman–Crippen MR) is 111 cm³/mol. The summed E-state index contributed by atoms with van der Waals surface area (Å²) in [5.74, 6) is -2.28. The van der Waals surface area contributed by atoms with Crippen molar-refractivity contribution in [3.8, 4) is 17.1 Å². The Bertz CT molecular complexity index is 1090. The predicted octanol–water partition coefficient (Wildman–Crippen LogP) is 5.36. The molecular formula is C21H17BrF3N3O3. The molecule has 0 aliphatic rings. The minimum Gasteiger partial charge on any atom is -0.481 e. The zero-order valence-corrected chi connectivity index (χ0v) is 17.7. The van der Waals surface area contributed by atoms with Crippen molar-refractivity contribution >= 4 is 27.8 Å². The zero-order valence-electron chi connectivity index (χ0n) is 16.1. The molecule has 1 heterocycles. The second-order valence-corrected chi connectivity index (χ2v) is 7.55. The number of ether oxygens (including phenoxy) is 1. The number of halogens is 4. The van der Waals surface area contributed by atoms with Gasteiger partial charge in [0.25, 0.3) is 0 Å². The van der Waals surface area contributed by atoms with E-state index >= 15 is 0 Å². The van der Waals surface area contributed by atoms with Gasteiger partial charge in [0.15, 0.2) is 0 Å². The molecule has 0 fully saturated rings. The highest BCUT2D eigenvalue weighted by molar-refractivity contribution is 9.10. The first-order valence-corrected chi connectivity index (χ1v) is 9.81. The number of carboxylic acid groups (broad SMARTS) is 1. The maximum atomic E-state index is 13.7. The van der Waals surface area contributed by atoms with Crippen molar-refractivity contribution in [2.45, 2.75) is 25.1 Å². The molecule has 0 spiro atoms. The average molecular weight is 496 g/mol. The molecule has 10 heteroatoms. The SMILES string of the molecule is CC(C(=O)O)c1ccc(-c2cc(OC(c3ccccc3Br)C(F)(F)F)nc(N)n2)cc1. The van der Waals surface area contributed by atoms with Crippen LogP contribution in [-0.4, -0.2) is 27.2 Å². The van der Waals surface area contributed by atoms with Crippen LogP contribution in [-0.2, 0) is 4.79 Å². The fourth-order valence-corrected chi connectivity index (χ4v) is 3.34. The lowest BCUT2D eigenvalue weighted by Crippen LogP contribution is -2.27. The van der Waals surface area contributed by atoms with Gasteiger partial charge in [0.05, 0.1) is 11.6 Å². The number of carboxylic acids is 1. The van der Waals surface area contributed by atoms with Gasteiger partial charge in [0, 0.05) is 21.7 Å². The van der Waals surface area contributed by atoms with Gasteiger partial charge >= 0.3 is 12.1 Å². The molecule has 162 valence electrons. The van der Waals surface area contributed by atoms with E-state index in [0.717, 1.165) is 0 Å². The molecule has 2 atom stereocenters. The number of alkyl halides is 3. The lowest BCUT2D eigenvalue weighted by molar-refractivity contribution is -0.198. The van der Waals surface area contributed by atoms with Crippen molar-refractivity contribution in [3.05, 3.63) is 70.2 Å². The molecule has 0 saturated carbocycles. The molecule has 2 unspecified atom stereocenters.